The van der Waals surface area contributed by atoms with Crippen molar-refractivity contribution in [3.05, 3.63) is 46.0 Å². The number of carbonyl (C=O) groups excluding carboxylic acids is 1. The maximum atomic E-state index is 13.3. The van der Waals surface area contributed by atoms with Gasteiger partial charge in [0.1, 0.15) is 6.04 Å². The van der Waals surface area contributed by atoms with Crippen molar-refractivity contribution in [2.24, 2.45) is 5.92 Å². The van der Waals surface area contributed by atoms with Crippen LogP contribution in [-0.2, 0) is 4.79 Å². The van der Waals surface area contributed by atoms with E-state index in [0.717, 1.165) is 22.6 Å². The van der Waals surface area contributed by atoms with Crippen LogP contribution in [0.15, 0.2) is 40.4 Å². The summed E-state index contributed by atoms with van der Waals surface area (Å²) in [6.45, 7) is 1.95. The molecule has 1 N–H and O–H groups in total. The van der Waals surface area contributed by atoms with Gasteiger partial charge in [0.2, 0.25) is 5.91 Å². The van der Waals surface area contributed by atoms with Gasteiger partial charge in [-0.25, -0.2) is 9.97 Å². The van der Waals surface area contributed by atoms with Crippen molar-refractivity contribution in [3.63, 3.8) is 0 Å². The smallest absolute Gasteiger partial charge is 0.261 e. The van der Waals surface area contributed by atoms with Gasteiger partial charge in [0.05, 0.1) is 17.2 Å². The van der Waals surface area contributed by atoms with Crippen LogP contribution in [0.1, 0.15) is 49.4 Å². The first-order valence-electron chi connectivity index (χ1n) is 10.3. The Morgan fingerprint density at radius 1 is 1.30 bits per heavy atom. The molecule has 3 aromatic rings. The molecule has 0 spiro atoms. The van der Waals surface area contributed by atoms with E-state index in [1.165, 1.54) is 41.5 Å². The van der Waals surface area contributed by atoms with Crippen molar-refractivity contribution in [2.75, 3.05) is 11.6 Å². The molecule has 1 aliphatic carbocycles. The lowest BCUT2D eigenvalue weighted by Crippen LogP contribution is -2.35. The highest BCUT2D eigenvalue weighted by molar-refractivity contribution is 7.98. The summed E-state index contributed by atoms with van der Waals surface area (Å²) >= 11 is 3.05. The molecule has 1 amide bonds. The molecular weight excluding hydrogens is 416 g/mol. The van der Waals surface area contributed by atoms with Crippen LogP contribution in [0.3, 0.4) is 0 Å². The molecule has 1 saturated carbocycles. The first-order valence-corrected chi connectivity index (χ1v) is 12.4. The molecule has 158 valence electrons. The van der Waals surface area contributed by atoms with Crippen LogP contribution in [0.4, 0.5) is 5.13 Å². The Morgan fingerprint density at radius 2 is 2.10 bits per heavy atom. The third-order valence-electron chi connectivity index (χ3n) is 5.76. The largest absolute Gasteiger partial charge is 0.300 e. The average molecular weight is 443 g/mol. The Bertz CT molecular complexity index is 1100. The normalized spacial score (nSPS) is 15.9. The van der Waals surface area contributed by atoms with Crippen LogP contribution < -0.4 is 10.9 Å². The lowest BCUT2D eigenvalue weighted by Gasteiger charge is -2.27. The van der Waals surface area contributed by atoms with Crippen molar-refractivity contribution in [1.29, 1.82) is 0 Å². The van der Waals surface area contributed by atoms with Gasteiger partial charge in [-0.1, -0.05) is 32.1 Å². The van der Waals surface area contributed by atoms with Crippen molar-refractivity contribution in [2.45, 2.75) is 56.4 Å². The van der Waals surface area contributed by atoms with E-state index in [0.29, 0.717) is 28.4 Å². The van der Waals surface area contributed by atoms with Crippen LogP contribution in [0, 0.1) is 12.8 Å². The molecule has 4 rings (SSSR count). The topological polar surface area (TPSA) is 76.9 Å². The fourth-order valence-corrected chi connectivity index (χ4v) is 5.25. The quantitative estimate of drug-likeness (QED) is 0.542. The number of thiazole rings is 1. The zero-order valence-corrected chi connectivity index (χ0v) is 18.9. The molecule has 1 unspecified atom stereocenters. The number of benzene rings is 1. The zero-order valence-electron chi connectivity index (χ0n) is 17.3. The summed E-state index contributed by atoms with van der Waals surface area (Å²) in [6, 6.07) is 5.06. The van der Waals surface area contributed by atoms with Gasteiger partial charge in [0.25, 0.3) is 5.56 Å². The number of aryl methyl sites for hydroxylation is 1. The Morgan fingerprint density at radius 3 is 2.80 bits per heavy atom. The van der Waals surface area contributed by atoms with Crippen LogP contribution >= 0.6 is 23.1 Å². The second-order valence-electron chi connectivity index (χ2n) is 7.86. The number of nitrogens with one attached hydrogen (secondary N) is 1. The number of fused-ring (bicyclic) bond motifs is 1. The zero-order chi connectivity index (χ0) is 21.1. The highest BCUT2D eigenvalue weighted by Crippen LogP contribution is 2.31. The summed E-state index contributed by atoms with van der Waals surface area (Å²) in [4.78, 5) is 37.4. The second kappa shape index (κ2) is 9.31. The van der Waals surface area contributed by atoms with Crippen LogP contribution in [0.5, 0.6) is 0 Å². The molecule has 0 aliphatic heterocycles. The summed E-state index contributed by atoms with van der Waals surface area (Å²) in [6.07, 6.45) is 11.7. The lowest BCUT2D eigenvalue weighted by atomic mass is 9.84. The van der Waals surface area contributed by atoms with Gasteiger partial charge in [0, 0.05) is 16.0 Å². The number of nitrogens with zero attached hydrogens (tertiary/aromatic N) is 3. The lowest BCUT2D eigenvalue weighted by molar-refractivity contribution is -0.120. The van der Waals surface area contributed by atoms with Crippen molar-refractivity contribution >= 4 is 45.0 Å². The standard InChI is InChI=1S/C22H26N4O2S2/c1-14-12-23-22(30-14)25-20(27)19(10-15-6-4-3-5-7-15)26-13-24-18-11-16(29-2)8-9-17(18)21(26)28/h8-9,11-13,15,19H,3-7,10H2,1-2H3,(H,23,25,27). The summed E-state index contributed by atoms with van der Waals surface area (Å²) in [5.41, 5.74) is 0.495. The fourth-order valence-electron chi connectivity index (χ4n) is 4.15. The summed E-state index contributed by atoms with van der Waals surface area (Å²) < 4.78 is 1.52. The Balaban J connectivity index is 1.69. The molecule has 1 fully saturated rings. The minimum absolute atomic E-state index is 0.168. The van der Waals surface area contributed by atoms with E-state index in [-0.39, 0.29) is 11.5 Å². The molecule has 0 radical (unpaired) electrons. The Kier molecular flexibility index (Phi) is 6.53. The molecule has 1 atom stereocenters. The van der Waals surface area contributed by atoms with Crippen LogP contribution in [0.25, 0.3) is 10.9 Å². The molecule has 1 aromatic carbocycles. The van der Waals surface area contributed by atoms with Crippen LogP contribution in [0.2, 0.25) is 0 Å². The van der Waals surface area contributed by atoms with Gasteiger partial charge in [-0.05, 0) is 43.7 Å². The molecule has 8 heteroatoms. The monoisotopic (exact) mass is 442 g/mol. The van der Waals surface area contributed by atoms with Gasteiger partial charge in [-0.2, -0.15) is 0 Å². The molecule has 0 saturated heterocycles. The number of amides is 1. The molecule has 30 heavy (non-hydrogen) atoms. The third-order valence-corrected chi connectivity index (χ3v) is 7.32. The van der Waals surface area contributed by atoms with E-state index < -0.39 is 6.04 Å². The molecule has 2 aromatic heterocycles. The van der Waals surface area contributed by atoms with E-state index in [1.54, 1.807) is 18.0 Å². The van der Waals surface area contributed by atoms with E-state index in [1.807, 2.05) is 31.4 Å². The number of rotatable bonds is 6. The highest BCUT2D eigenvalue weighted by atomic mass is 32.2. The van der Waals surface area contributed by atoms with Gasteiger partial charge < -0.3 is 5.32 Å². The third kappa shape index (κ3) is 4.59. The number of hydrogen-bond acceptors (Lipinski definition) is 6. The number of anilines is 1. The highest BCUT2D eigenvalue weighted by Gasteiger charge is 2.28. The van der Waals surface area contributed by atoms with Crippen LogP contribution in [-0.4, -0.2) is 26.7 Å². The fraction of sp³-hybridized carbons (Fsp3) is 0.455. The predicted molar refractivity (Wildman–Crippen MR) is 123 cm³/mol. The minimum atomic E-state index is -0.595. The number of hydrogen-bond donors (Lipinski definition) is 1. The molecule has 6 nitrogen and oxygen atoms in total. The van der Waals surface area contributed by atoms with Crippen molar-refractivity contribution in [1.82, 2.24) is 14.5 Å². The van der Waals surface area contributed by atoms with Gasteiger partial charge in [0.15, 0.2) is 5.13 Å². The number of carbonyl (C=O) groups is 1. The van der Waals surface area contributed by atoms with Gasteiger partial charge in [-0.3, -0.25) is 14.2 Å². The SMILES string of the molecule is CSc1ccc2c(=O)n(C(CC3CCCCC3)C(=O)Nc3ncc(C)s3)cnc2c1. The Labute approximate surface area is 184 Å². The van der Waals surface area contributed by atoms with Crippen molar-refractivity contribution in [3.8, 4) is 0 Å². The summed E-state index contributed by atoms with van der Waals surface area (Å²) in [5.74, 6) is 0.243. The molecular formula is C22H26N4O2S2. The summed E-state index contributed by atoms with van der Waals surface area (Å²) in [7, 11) is 0. The Hall–Kier alpha value is -2.19. The first kappa shape index (κ1) is 21.1. The summed E-state index contributed by atoms with van der Waals surface area (Å²) in [5, 5.41) is 4.03. The van der Waals surface area contributed by atoms with Gasteiger partial charge in [-0.15, -0.1) is 23.1 Å². The van der Waals surface area contributed by atoms with Crippen molar-refractivity contribution < 1.29 is 4.79 Å². The maximum absolute atomic E-state index is 13.3. The number of aromatic nitrogens is 3. The van der Waals surface area contributed by atoms with E-state index in [2.05, 4.69) is 15.3 Å². The predicted octanol–water partition coefficient (Wildman–Crippen LogP) is 5.03. The van der Waals surface area contributed by atoms with E-state index in [4.69, 9.17) is 0 Å². The molecule has 2 heterocycles. The second-order valence-corrected chi connectivity index (χ2v) is 9.98. The number of thioether (sulfide) groups is 1. The molecule has 1 aliphatic rings. The minimum Gasteiger partial charge on any atom is -0.300 e. The average Bonchev–Trinajstić information content (AvgIpc) is 3.17. The van der Waals surface area contributed by atoms with E-state index >= 15 is 0 Å². The first-order chi connectivity index (χ1) is 14.5. The van der Waals surface area contributed by atoms with E-state index in [9.17, 15) is 9.59 Å². The molecule has 0 bridgehead atoms. The maximum Gasteiger partial charge on any atom is 0.261 e. The van der Waals surface area contributed by atoms with Gasteiger partial charge >= 0.3 is 0 Å².